The van der Waals surface area contributed by atoms with Gasteiger partial charge in [0.2, 0.25) is 0 Å². The number of rotatable bonds is 3. The number of guanidine groups is 1. The first-order chi connectivity index (χ1) is 10.9. The van der Waals surface area contributed by atoms with Gasteiger partial charge in [-0.25, -0.2) is 4.39 Å². The summed E-state index contributed by atoms with van der Waals surface area (Å²) in [4.78, 5) is 11.8. The van der Waals surface area contributed by atoms with Gasteiger partial charge in [-0.15, -0.1) is 0 Å². The molecular weight excluding hydrogens is 297 g/mol. The number of carbonyl (C=O) groups is 1. The minimum absolute atomic E-state index is 0.110. The first kappa shape index (κ1) is 16.2. The molecule has 23 heavy (non-hydrogen) atoms. The molecule has 0 aliphatic carbocycles. The fraction of sp³-hybridized carbons (Fsp3) is 0.0588. The molecule has 0 aromatic heterocycles. The largest absolute Gasteiger partial charge is 0.508 e. The van der Waals surface area contributed by atoms with E-state index in [2.05, 4.69) is 5.32 Å². The zero-order chi connectivity index (χ0) is 17.0. The summed E-state index contributed by atoms with van der Waals surface area (Å²) < 4.78 is 14.2. The Morgan fingerprint density at radius 3 is 2.52 bits per heavy atom. The Morgan fingerprint density at radius 1 is 1.26 bits per heavy atom. The van der Waals surface area contributed by atoms with Crippen LogP contribution < -0.4 is 11.1 Å². The lowest BCUT2D eigenvalue weighted by Crippen LogP contribution is -2.36. The number of aromatic hydroxyl groups is 1. The predicted molar refractivity (Wildman–Crippen MR) is 87.2 cm³/mol. The summed E-state index contributed by atoms with van der Waals surface area (Å²) in [6.07, 6.45) is 1.40. The van der Waals surface area contributed by atoms with Crippen molar-refractivity contribution in [1.29, 1.82) is 5.41 Å². The van der Waals surface area contributed by atoms with Crippen LogP contribution in [0.1, 0.15) is 12.5 Å². The monoisotopic (exact) mass is 313 g/mol. The summed E-state index contributed by atoms with van der Waals surface area (Å²) in [5.74, 6) is -1.42. The van der Waals surface area contributed by atoms with Crippen molar-refractivity contribution in [3.63, 3.8) is 0 Å². The zero-order valence-electron chi connectivity index (χ0n) is 12.4. The van der Waals surface area contributed by atoms with Crippen LogP contribution in [0.4, 0.5) is 4.39 Å². The van der Waals surface area contributed by atoms with Gasteiger partial charge in [0.1, 0.15) is 11.6 Å². The highest BCUT2D eigenvalue weighted by Gasteiger charge is 2.11. The van der Waals surface area contributed by atoms with Gasteiger partial charge in [0, 0.05) is 11.1 Å². The van der Waals surface area contributed by atoms with E-state index in [4.69, 9.17) is 11.1 Å². The van der Waals surface area contributed by atoms with Crippen molar-refractivity contribution in [2.45, 2.75) is 6.92 Å². The van der Waals surface area contributed by atoms with Crippen LogP contribution in [0.25, 0.3) is 17.2 Å². The van der Waals surface area contributed by atoms with Crippen molar-refractivity contribution in [3.05, 3.63) is 59.4 Å². The summed E-state index contributed by atoms with van der Waals surface area (Å²) >= 11 is 0. The molecule has 5 N–H and O–H groups in total. The molecule has 2 aromatic rings. The summed E-state index contributed by atoms with van der Waals surface area (Å²) in [5.41, 5.74) is 6.86. The molecule has 2 aromatic carbocycles. The average Bonchev–Trinajstić information content (AvgIpc) is 2.49. The lowest BCUT2D eigenvalue weighted by molar-refractivity contribution is -0.116. The maximum Gasteiger partial charge on any atom is 0.253 e. The van der Waals surface area contributed by atoms with Gasteiger partial charge in [-0.3, -0.25) is 15.5 Å². The normalized spacial score (nSPS) is 11.1. The number of carbonyl (C=O) groups excluding carboxylic acids is 1. The Labute approximate surface area is 132 Å². The molecule has 0 atom stereocenters. The Morgan fingerprint density at radius 2 is 1.91 bits per heavy atom. The van der Waals surface area contributed by atoms with Gasteiger partial charge >= 0.3 is 0 Å². The van der Waals surface area contributed by atoms with Crippen molar-refractivity contribution < 1.29 is 14.3 Å². The van der Waals surface area contributed by atoms with Crippen LogP contribution >= 0.6 is 0 Å². The zero-order valence-corrected chi connectivity index (χ0v) is 12.4. The lowest BCUT2D eigenvalue weighted by Gasteiger charge is -2.09. The first-order valence-corrected chi connectivity index (χ1v) is 6.80. The molecule has 118 valence electrons. The predicted octanol–water partition coefficient (Wildman–Crippen LogP) is 2.61. The minimum Gasteiger partial charge on any atom is -0.508 e. The second kappa shape index (κ2) is 6.74. The summed E-state index contributed by atoms with van der Waals surface area (Å²) in [7, 11) is 0. The van der Waals surface area contributed by atoms with Crippen molar-refractivity contribution in [2.75, 3.05) is 0 Å². The molecule has 0 fully saturated rings. The van der Waals surface area contributed by atoms with Crippen LogP contribution in [-0.2, 0) is 4.79 Å². The van der Waals surface area contributed by atoms with E-state index in [1.807, 2.05) is 0 Å². The highest BCUT2D eigenvalue weighted by molar-refractivity contribution is 6.06. The van der Waals surface area contributed by atoms with E-state index in [0.717, 1.165) is 0 Å². The summed E-state index contributed by atoms with van der Waals surface area (Å²) in [5, 5.41) is 18.6. The molecule has 0 saturated carbocycles. The molecular formula is C17H16FN3O2. The number of nitrogens with two attached hydrogens (primary N) is 1. The van der Waals surface area contributed by atoms with E-state index in [9.17, 15) is 14.3 Å². The van der Waals surface area contributed by atoms with Gasteiger partial charge in [0.15, 0.2) is 5.96 Å². The van der Waals surface area contributed by atoms with Crippen LogP contribution in [0.5, 0.6) is 5.75 Å². The number of halogens is 1. The molecule has 0 spiro atoms. The molecule has 0 aliphatic rings. The quantitative estimate of drug-likeness (QED) is 0.398. The van der Waals surface area contributed by atoms with Gasteiger partial charge in [0.05, 0.1) is 0 Å². The van der Waals surface area contributed by atoms with Crippen LogP contribution in [0.15, 0.2) is 48.0 Å². The number of phenolic OH excluding ortho intramolecular Hbond substituents is 1. The molecule has 6 heteroatoms. The van der Waals surface area contributed by atoms with E-state index in [1.54, 1.807) is 24.3 Å². The SMILES string of the molecule is C/C(=C\c1c(F)cccc1-c1ccc(O)cc1)C(=O)NC(=N)N. The van der Waals surface area contributed by atoms with Gasteiger partial charge < -0.3 is 10.8 Å². The number of hydrogen-bond donors (Lipinski definition) is 4. The molecule has 0 aliphatic heterocycles. The molecule has 2 rings (SSSR count). The molecule has 5 nitrogen and oxygen atoms in total. The Balaban J connectivity index is 2.48. The van der Waals surface area contributed by atoms with Crippen LogP contribution in [0, 0.1) is 11.2 Å². The number of hydrogen-bond acceptors (Lipinski definition) is 3. The third-order valence-corrected chi connectivity index (χ3v) is 3.20. The molecule has 0 bridgehead atoms. The van der Waals surface area contributed by atoms with Gasteiger partial charge in [-0.2, -0.15) is 0 Å². The van der Waals surface area contributed by atoms with Crippen LogP contribution in [-0.4, -0.2) is 17.0 Å². The maximum atomic E-state index is 14.2. The number of nitrogens with one attached hydrogen (secondary N) is 2. The van der Waals surface area contributed by atoms with E-state index < -0.39 is 17.7 Å². The topological polar surface area (TPSA) is 99.2 Å². The highest BCUT2D eigenvalue weighted by atomic mass is 19.1. The third kappa shape index (κ3) is 3.94. The van der Waals surface area contributed by atoms with Gasteiger partial charge in [0.25, 0.3) is 5.91 Å². The van der Waals surface area contributed by atoms with Crippen molar-refractivity contribution in [1.82, 2.24) is 5.32 Å². The fourth-order valence-electron chi connectivity index (χ4n) is 2.08. The standard InChI is InChI=1S/C17H16FN3O2/c1-10(16(23)21-17(19)20)9-14-13(3-2-4-15(14)18)11-5-7-12(22)8-6-11/h2-9,22H,1H3,(H4,19,20,21,23)/b10-9+. The first-order valence-electron chi connectivity index (χ1n) is 6.80. The van der Waals surface area contributed by atoms with Gasteiger partial charge in [-0.1, -0.05) is 24.3 Å². The van der Waals surface area contributed by atoms with Crippen LogP contribution in [0.3, 0.4) is 0 Å². The molecule has 0 radical (unpaired) electrons. The van der Waals surface area contributed by atoms with Crippen molar-refractivity contribution in [2.24, 2.45) is 5.73 Å². The maximum absolute atomic E-state index is 14.2. The second-order valence-electron chi connectivity index (χ2n) is 4.94. The Bertz CT molecular complexity index is 783. The molecule has 0 saturated heterocycles. The van der Waals surface area contributed by atoms with Crippen molar-refractivity contribution >= 4 is 17.9 Å². The highest BCUT2D eigenvalue weighted by Crippen LogP contribution is 2.29. The number of amides is 1. The number of phenols is 1. The third-order valence-electron chi connectivity index (χ3n) is 3.20. The average molecular weight is 313 g/mol. The summed E-state index contributed by atoms with van der Waals surface area (Å²) in [6, 6.07) is 10.9. The van der Waals surface area contributed by atoms with E-state index in [0.29, 0.717) is 11.1 Å². The van der Waals surface area contributed by atoms with E-state index >= 15 is 0 Å². The van der Waals surface area contributed by atoms with E-state index in [1.165, 1.54) is 31.2 Å². The lowest BCUT2D eigenvalue weighted by atomic mass is 9.97. The fourth-order valence-corrected chi connectivity index (χ4v) is 2.08. The van der Waals surface area contributed by atoms with Crippen molar-refractivity contribution in [3.8, 4) is 16.9 Å². The summed E-state index contributed by atoms with van der Waals surface area (Å²) in [6.45, 7) is 1.51. The van der Waals surface area contributed by atoms with Crippen LogP contribution in [0.2, 0.25) is 0 Å². The Hall–Kier alpha value is -3.15. The minimum atomic E-state index is -0.572. The molecule has 1 amide bonds. The van der Waals surface area contributed by atoms with E-state index in [-0.39, 0.29) is 16.9 Å². The molecule has 0 heterocycles. The number of benzene rings is 2. The Kier molecular flexibility index (Phi) is 4.75. The molecule has 0 unspecified atom stereocenters. The second-order valence-corrected chi connectivity index (χ2v) is 4.94. The van der Waals surface area contributed by atoms with Gasteiger partial charge in [-0.05, 0) is 42.3 Å². The smallest absolute Gasteiger partial charge is 0.253 e.